The highest BCUT2D eigenvalue weighted by atomic mass is 16.3. The third-order valence-corrected chi connectivity index (χ3v) is 5.09. The van der Waals surface area contributed by atoms with Gasteiger partial charge in [-0.05, 0) is 62.2 Å². The van der Waals surface area contributed by atoms with E-state index in [-0.39, 0.29) is 11.7 Å². The monoisotopic (exact) mass is 337 g/mol. The summed E-state index contributed by atoms with van der Waals surface area (Å²) >= 11 is 0. The maximum Gasteiger partial charge on any atom is 0.115 e. The fraction of sp³-hybridized carbons (Fsp3) is 0.364. The number of phenols is 1. The minimum atomic E-state index is -1.06. The van der Waals surface area contributed by atoms with Gasteiger partial charge in [-0.2, -0.15) is 0 Å². The van der Waals surface area contributed by atoms with E-state index in [0.717, 1.165) is 42.5 Å². The number of phenolic OH excluding ortho intramolecular Hbond substituents is 1. The van der Waals surface area contributed by atoms with Crippen molar-refractivity contribution in [2.75, 3.05) is 20.6 Å². The molecule has 0 aromatic heterocycles. The zero-order valence-corrected chi connectivity index (χ0v) is 15.0. The van der Waals surface area contributed by atoms with Gasteiger partial charge >= 0.3 is 0 Å². The SMILES string of the molecule is CN(C)CC1CCCC(=Cc2ccccc2)C1(O)c1cccc(O)c1. The van der Waals surface area contributed by atoms with Crippen LogP contribution in [0, 0.1) is 5.92 Å². The molecular weight excluding hydrogens is 310 g/mol. The average molecular weight is 337 g/mol. The molecule has 2 atom stereocenters. The van der Waals surface area contributed by atoms with Crippen LogP contribution in [0.5, 0.6) is 5.75 Å². The minimum Gasteiger partial charge on any atom is -0.508 e. The van der Waals surface area contributed by atoms with Crippen LogP contribution in [0.4, 0.5) is 0 Å². The summed E-state index contributed by atoms with van der Waals surface area (Å²) in [4.78, 5) is 2.13. The standard InChI is InChI=1S/C22H27NO2/c1-23(2)16-20-12-6-10-18(14-17-8-4-3-5-9-17)22(20,25)19-11-7-13-21(24)15-19/h3-5,7-9,11,13-15,20,24-25H,6,10,12,16H2,1-2H3. The van der Waals surface area contributed by atoms with Gasteiger partial charge in [0.2, 0.25) is 0 Å². The molecule has 3 heteroatoms. The van der Waals surface area contributed by atoms with Crippen LogP contribution in [0.1, 0.15) is 30.4 Å². The second-order valence-corrected chi connectivity index (χ2v) is 7.25. The molecule has 0 amide bonds. The van der Waals surface area contributed by atoms with Crippen LogP contribution < -0.4 is 0 Å². The molecule has 2 aromatic carbocycles. The number of aromatic hydroxyl groups is 1. The number of rotatable bonds is 4. The Morgan fingerprint density at radius 3 is 2.56 bits per heavy atom. The Labute approximate surface area is 150 Å². The summed E-state index contributed by atoms with van der Waals surface area (Å²) in [6.07, 6.45) is 5.02. The first kappa shape index (κ1) is 17.7. The maximum absolute atomic E-state index is 11.9. The molecular formula is C22H27NO2. The zero-order chi connectivity index (χ0) is 17.9. The Morgan fingerprint density at radius 2 is 1.88 bits per heavy atom. The lowest BCUT2D eigenvalue weighted by Gasteiger charge is -2.44. The van der Waals surface area contributed by atoms with Gasteiger partial charge < -0.3 is 15.1 Å². The summed E-state index contributed by atoms with van der Waals surface area (Å²) in [6.45, 7) is 0.804. The van der Waals surface area contributed by atoms with E-state index in [9.17, 15) is 10.2 Å². The molecule has 1 aliphatic carbocycles. The number of hydrogen-bond donors (Lipinski definition) is 2. The molecule has 25 heavy (non-hydrogen) atoms. The lowest BCUT2D eigenvalue weighted by atomic mass is 9.67. The Bertz CT molecular complexity index is 739. The Kier molecular flexibility index (Phi) is 5.26. The third kappa shape index (κ3) is 3.78. The van der Waals surface area contributed by atoms with Gasteiger partial charge in [-0.1, -0.05) is 48.5 Å². The van der Waals surface area contributed by atoms with Gasteiger partial charge in [-0.3, -0.25) is 0 Å². The fourth-order valence-corrected chi connectivity index (χ4v) is 3.96. The lowest BCUT2D eigenvalue weighted by Crippen LogP contribution is -2.44. The van der Waals surface area contributed by atoms with E-state index in [2.05, 4.69) is 23.1 Å². The molecule has 1 aliphatic rings. The van der Waals surface area contributed by atoms with Crippen molar-refractivity contribution in [1.29, 1.82) is 0 Å². The van der Waals surface area contributed by atoms with E-state index < -0.39 is 5.60 Å². The minimum absolute atomic E-state index is 0.0908. The van der Waals surface area contributed by atoms with Gasteiger partial charge in [0.1, 0.15) is 11.4 Å². The smallest absolute Gasteiger partial charge is 0.115 e. The molecule has 0 heterocycles. The van der Waals surface area contributed by atoms with E-state index in [0.29, 0.717) is 0 Å². The third-order valence-electron chi connectivity index (χ3n) is 5.09. The van der Waals surface area contributed by atoms with Gasteiger partial charge in [0.15, 0.2) is 0 Å². The molecule has 2 aromatic rings. The summed E-state index contributed by atoms with van der Waals surface area (Å²) in [5.74, 6) is 0.284. The van der Waals surface area contributed by atoms with E-state index >= 15 is 0 Å². The van der Waals surface area contributed by atoms with Gasteiger partial charge in [0.25, 0.3) is 0 Å². The number of nitrogens with zero attached hydrogens (tertiary/aromatic N) is 1. The highest BCUT2D eigenvalue weighted by molar-refractivity contribution is 5.57. The summed E-state index contributed by atoms with van der Waals surface area (Å²) in [7, 11) is 4.08. The van der Waals surface area contributed by atoms with Crippen LogP contribution in [0.2, 0.25) is 0 Å². The second kappa shape index (κ2) is 7.42. The van der Waals surface area contributed by atoms with Crippen LogP contribution in [-0.4, -0.2) is 35.8 Å². The van der Waals surface area contributed by atoms with Crippen LogP contribution in [0.3, 0.4) is 0 Å². The molecule has 3 nitrogen and oxygen atoms in total. The zero-order valence-electron chi connectivity index (χ0n) is 15.0. The Balaban J connectivity index is 2.10. The lowest BCUT2D eigenvalue weighted by molar-refractivity contribution is -0.0175. The molecule has 3 rings (SSSR count). The van der Waals surface area contributed by atoms with Gasteiger partial charge in [-0.15, -0.1) is 0 Å². The van der Waals surface area contributed by atoms with E-state index in [4.69, 9.17) is 0 Å². The van der Waals surface area contributed by atoms with Crippen molar-refractivity contribution >= 4 is 6.08 Å². The highest BCUT2D eigenvalue weighted by Crippen LogP contribution is 2.47. The van der Waals surface area contributed by atoms with E-state index in [1.807, 2.05) is 44.4 Å². The Morgan fingerprint density at radius 1 is 1.12 bits per heavy atom. The van der Waals surface area contributed by atoms with Gasteiger partial charge in [0.05, 0.1) is 0 Å². The predicted octanol–water partition coefficient (Wildman–Crippen LogP) is 4.03. The van der Waals surface area contributed by atoms with Crippen molar-refractivity contribution in [3.8, 4) is 5.75 Å². The summed E-state index contributed by atoms with van der Waals surface area (Å²) in [6, 6.07) is 17.2. The van der Waals surface area contributed by atoms with E-state index in [1.165, 1.54) is 0 Å². The van der Waals surface area contributed by atoms with Crippen molar-refractivity contribution in [1.82, 2.24) is 4.90 Å². The van der Waals surface area contributed by atoms with Gasteiger partial charge in [0, 0.05) is 12.5 Å². The highest BCUT2D eigenvalue weighted by Gasteiger charge is 2.44. The molecule has 132 valence electrons. The van der Waals surface area contributed by atoms with Crippen molar-refractivity contribution in [3.05, 3.63) is 71.3 Å². The van der Waals surface area contributed by atoms with Crippen LogP contribution in [0.25, 0.3) is 6.08 Å². The summed E-state index contributed by atoms with van der Waals surface area (Å²) in [5.41, 5.74) is 1.85. The first-order chi connectivity index (χ1) is 12.0. The van der Waals surface area contributed by atoms with Crippen LogP contribution in [0.15, 0.2) is 60.2 Å². The molecule has 1 fully saturated rings. The maximum atomic E-state index is 11.9. The molecule has 0 spiro atoms. The molecule has 2 N–H and O–H groups in total. The largest absolute Gasteiger partial charge is 0.508 e. The molecule has 0 saturated heterocycles. The second-order valence-electron chi connectivity index (χ2n) is 7.25. The quantitative estimate of drug-likeness (QED) is 0.885. The first-order valence-corrected chi connectivity index (χ1v) is 8.93. The van der Waals surface area contributed by atoms with Crippen molar-refractivity contribution in [2.24, 2.45) is 5.92 Å². The fourth-order valence-electron chi connectivity index (χ4n) is 3.96. The summed E-state index contributed by atoms with van der Waals surface area (Å²) < 4.78 is 0. The molecule has 0 bridgehead atoms. The predicted molar refractivity (Wildman–Crippen MR) is 102 cm³/mol. The van der Waals surface area contributed by atoms with Crippen molar-refractivity contribution in [3.63, 3.8) is 0 Å². The molecule has 2 unspecified atom stereocenters. The molecule has 0 aliphatic heterocycles. The average Bonchev–Trinajstić information content (AvgIpc) is 2.59. The van der Waals surface area contributed by atoms with E-state index in [1.54, 1.807) is 12.1 Å². The number of hydrogen-bond acceptors (Lipinski definition) is 3. The van der Waals surface area contributed by atoms with Crippen LogP contribution in [-0.2, 0) is 5.60 Å². The first-order valence-electron chi connectivity index (χ1n) is 8.93. The normalized spacial score (nSPS) is 25.4. The molecule has 0 radical (unpaired) electrons. The number of aliphatic hydroxyl groups is 1. The van der Waals surface area contributed by atoms with Crippen LogP contribution >= 0.6 is 0 Å². The Hall–Kier alpha value is -2.10. The summed E-state index contributed by atoms with van der Waals surface area (Å²) in [5, 5.41) is 21.9. The number of benzene rings is 2. The van der Waals surface area contributed by atoms with Crippen molar-refractivity contribution < 1.29 is 10.2 Å². The van der Waals surface area contributed by atoms with Crippen molar-refractivity contribution in [2.45, 2.75) is 24.9 Å². The molecule has 1 saturated carbocycles. The van der Waals surface area contributed by atoms with Gasteiger partial charge in [-0.25, -0.2) is 0 Å². The topological polar surface area (TPSA) is 43.7 Å².